The molecular weight excluding hydrogens is 292 g/mol. The quantitative estimate of drug-likeness (QED) is 0.914. The third-order valence-electron chi connectivity index (χ3n) is 4.06. The molecule has 0 atom stereocenters. The van der Waals surface area contributed by atoms with E-state index < -0.39 is 0 Å². The van der Waals surface area contributed by atoms with Crippen LogP contribution in [0.15, 0.2) is 36.4 Å². The van der Waals surface area contributed by atoms with Crippen molar-refractivity contribution >= 4 is 5.91 Å². The maximum Gasteiger partial charge on any atom is 0.251 e. The van der Waals surface area contributed by atoms with Gasteiger partial charge in [0.2, 0.25) is 0 Å². The van der Waals surface area contributed by atoms with E-state index in [1.165, 1.54) is 0 Å². The number of aryl methyl sites for hydroxylation is 1. The number of carbonyl (C=O) groups excluding carboxylic acids is 1. The molecule has 0 radical (unpaired) electrons. The first-order chi connectivity index (χ1) is 11.1. The molecule has 5 nitrogen and oxygen atoms in total. The van der Waals surface area contributed by atoms with Gasteiger partial charge in [-0.05, 0) is 44.0 Å². The summed E-state index contributed by atoms with van der Waals surface area (Å²) < 4.78 is 5.29. The van der Waals surface area contributed by atoms with Gasteiger partial charge >= 0.3 is 0 Å². The monoisotopic (exact) mass is 312 g/mol. The molecule has 0 spiro atoms. The largest absolute Gasteiger partial charge is 0.506 e. The van der Waals surface area contributed by atoms with E-state index in [1.807, 2.05) is 12.1 Å². The fourth-order valence-electron chi connectivity index (χ4n) is 2.62. The highest BCUT2D eigenvalue weighted by Crippen LogP contribution is 2.22. The molecule has 2 N–H and O–H groups in total. The van der Waals surface area contributed by atoms with E-state index in [0.717, 1.165) is 24.1 Å². The van der Waals surface area contributed by atoms with Gasteiger partial charge < -0.3 is 15.2 Å². The number of hydrogen-bond donors (Lipinski definition) is 2. The first-order valence-corrected chi connectivity index (χ1v) is 7.79. The molecule has 0 saturated carbocycles. The predicted octanol–water partition coefficient (Wildman–Crippen LogP) is 2.67. The van der Waals surface area contributed by atoms with Crippen molar-refractivity contribution < 1.29 is 14.6 Å². The van der Waals surface area contributed by atoms with E-state index in [1.54, 1.807) is 31.2 Å². The molecule has 1 amide bonds. The Morgan fingerprint density at radius 1 is 1.17 bits per heavy atom. The highest BCUT2D eigenvalue weighted by atomic mass is 16.5. The molecule has 1 fully saturated rings. The fraction of sp³-hybridized carbons (Fsp3) is 0.333. The van der Waals surface area contributed by atoms with E-state index in [9.17, 15) is 9.90 Å². The highest BCUT2D eigenvalue weighted by Gasteiger charge is 2.17. The topological polar surface area (TPSA) is 71.5 Å². The number of nitrogens with zero attached hydrogens (tertiary/aromatic N) is 1. The number of aromatic nitrogens is 1. The van der Waals surface area contributed by atoms with E-state index in [2.05, 4.69) is 10.3 Å². The maximum absolute atomic E-state index is 12.3. The van der Waals surface area contributed by atoms with Crippen LogP contribution in [0.5, 0.6) is 5.75 Å². The zero-order valence-electron chi connectivity index (χ0n) is 13.1. The van der Waals surface area contributed by atoms with E-state index in [-0.39, 0.29) is 17.7 Å². The molecule has 5 heteroatoms. The van der Waals surface area contributed by atoms with E-state index in [0.29, 0.717) is 24.5 Å². The fourth-order valence-corrected chi connectivity index (χ4v) is 2.62. The minimum absolute atomic E-state index is 0.0571. The second kappa shape index (κ2) is 6.79. The van der Waals surface area contributed by atoms with Crippen LogP contribution in [0.1, 0.15) is 28.9 Å². The molecule has 23 heavy (non-hydrogen) atoms. The lowest BCUT2D eigenvalue weighted by Gasteiger charge is -2.23. The maximum atomic E-state index is 12.3. The van der Waals surface area contributed by atoms with Crippen molar-refractivity contribution in [2.75, 3.05) is 13.2 Å². The highest BCUT2D eigenvalue weighted by molar-refractivity contribution is 5.94. The van der Waals surface area contributed by atoms with Crippen LogP contribution in [0.3, 0.4) is 0 Å². The zero-order chi connectivity index (χ0) is 16.2. The van der Waals surface area contributed by atoms with Crippen molar-refractivity contribution in [1.82, 2.24) is 10.3 Å². The number of benzene rings is 1. The van der Waals surface area contributed by atoms with Crippen molar-refractivity contribution in [3.63, 3.8) is 0 Å². The van der Waals surface area contributed by atoms with Crippen LogP contribution in [-0.4, -0.2) is 35.3 Å². The average Bonchev–Trinajstić information content (AvgIpc) is 2.58. The Morgan fingerprint density at radius 2 is 1.87 bits per heavy atom. The molecule has 1 aliphatic rings. The third-order valence-corrected chi connectivity index (χ3v) is 4.06. The smallest absolute Gasteiger partial charge is 0.251 e. The molecular formula is C18H20N2O3. The van der Waals surface area contributed by atoms with Crippen molar-refractivity contribution in [3.8, 4) is 17.0 Å². The Balaban J connectivity index is 1.70. The predicted molar refractivity (Wildman–Crippen MR) is 87.4 cm³/mol. The van der Waals surface area contributed by atoms with Gasteiger partial charge in [0.25, 0.3) is 5.91 Å². The molecule has 1 aromatic heterocycles. The number of hydrogen-bond acceptors (Lipinski definition) is 4. The Labute approximate surface area is 135 Å². The first kappa shape index (κ1) is 15.5. The molecule has 0 bridgehead atoms. The third kappa shape index (κ3) is 3.68. The second-order valence-electron chi connectivity index (χ2n) is 5.74. The van der Waals surface area contributed by atoms with Crippen LogP contribution in [0.4, 0.5) is 0 Å². The number of carbonyl (C=O) groups is 1. The lowest BCUT2D eigenvalue weighted by molar-refractivity contribution is 0.0696. The second-order valence-corrected chi connectivity index (χ2v) is 5.74. The molecule has 0 unspecified atom stereocenters. The first-order valence-electron chi connectivity index (χ1n) is 7.79. The summed E-state index contributed by atoms with van der Waals surface area (Å²) in [4.78, 5) is 16.6. The summed E-state index contributed by atoms with van der Waals surface area (Å²) in [5, 5.41) is 12.6. The summed E-state index contributed by atoms with van der Waals surface area (Å²) in [6.07, 6.45) is 1.72. The van der Waals surface area contributed by atoms with E-state index >= 15 is 0 Å². The van der Waals surface area contributed by atoms with Crippen molar-refractivity contribution in [1.29, 1.82) is 0 Å². The zero-order valence-corrected chi connectivity index (χ0v) is 13.1. The van der Waals surface area contributed by atoms with Crippen LogP contribution in [0.2, 0.25) is 0 Å². The molecule has 2 heterocycles. The van der Waals surface area contributed by atoms with Gasteiger partial charge in [-0.15, -0.1) is 0 Å². The summed E-state index contributed by atoms with van der Waals surface area (Å²) in [5.41, 5.74) is 2.91. The van der Waals surface area contributed by atoms with Crippen LogP contribution in [0, 0.1) is 6.92 Å². The number of rotatable bonds is 3. The molecule has 120 valence electrons. The summed E-state index contributed by atoms with van der Waals surface area (Å²) in [7, 11) is 0. The Morgan fingerprint density at radius 3 is 2.52 bits per heavy atom. The van der Waals surface area contributed by atoms with Gasteiger partial charge in [-0.2, -0.15) is 0 Å². The van der Waals surface area contributed by atoms with Gasteiger partial charge in [0.05, 0.1) is 11.4 Å². The van der Waals surface area contributed by atoms with Gasteiger partial charge in [0.15, 0.2) is 0 Å². The lowest BCUT2D eigenvalue weighted by Crippen LogP contribution is -2.38. The number of ether oxygens (including phenoxy) is 1. The minimum atomic E-state index is -0.0571. The van der Waals surface area contributed by atoms with Crippen molar-refractivity contribution in [2.45, 2.75) is 25.8 Å². The number of amides is 1. The summed E-state index contributed by atoms with van der Waals surface area (Å²) in [6, 6.07) is 10.9. The standard InChI is InChI=1S/C18H20N2O3/c1-12-17(21)7-6-16(19-12)13-2-4-14(5-3-13)18(22)20-15-8-10-23-11-9-15/h2-7,15,21H,8-11H2,1H3,(H,20,22). The van der Waals surface area contributed by atoms with Gasteiger partial charge in [-0.3, -0.25) is 4.79 Å². The number of pyridine rings is 1. The van der Waals surface area contributed by atoms with Gasteiger partial charge in [-0.1, -0.05) is 12.1 Å². The van der Waals surface area contributed by atoms with Crippen LogP contribution >= 0.6 is 0 Å². The summed E-state index contributed by atoms with van der Waals surface area (Å²) in [6.45, 7) is 3.17. The van der Waals surface area contributed by atoms with Gasteiger partial charge in [-0.25, -0.2) is 4.98 Å². The molecule has 2 aromatic rings. The average molecular weight is 312 g/mol. The normalized spacial score (nSPS) is 15.3. The lowest BCUT2D eigenvalue weighted by atomic mass is 10.1. The molecule has 1 aromatic carbocycles. The molecule has 0 aliphatic carbocycles. The van der Waals surface area contributed by atoms with Crippen molar-refractivity contribution in [2.24, 2.45) is 0 Å². The van der Waals surface area contributed by atoms with E-state index in [4.69, 9.17) is 4.74 Å². The minimum Gasteiger partial charge on any atom is -0.506 e. The Bertz CT molecular complexity index is 692. The molecule has 1 saturated heterocycles. The van der Waals surface area contributed by atoms with Crippen LogP contribution in [-0.2, 0) is 4.74 Å². The molecule has 3 rings (SSSR count). The Kier molecular flexibility index (Phi) is 4.57. The summed E-state index contributed by atoms with van der Waals surface area (Å²) in [5.74, 6) is 0.125. The summed E-state index contributed by atoms with van der Waals surface area (Å²) >= 11 is 0. The van der Waals surface area contributed by atoms with Crippen molar-refractivity contribution in [3.05, 3.63) is 47.7 Å². The SMILES string of the molecule is Cc1nc(-c2ccc(C(=O)NC3CCOCC3)cc2)ccc1O. The van der Waals surface area contributed by atoms with Crippen LogP contribution in [0.25, 0.3) is 11.3 Å². The number of aromatic hydroxyl groups is 1. The van der Waals surface area contributed by atoms with Gasteiger partial charge in [0.1, 0.15) is 5.75 Å². The van der Waals surface area contributed by atoms with Crippen LogP contribution < -0.4 is 5.32 Å². The Hall–Kier alpha value is -2.40. The molecule has 1 aliphatic heterocycles. The van der Waals surface area contributed by atoms with Gasteiger partial charge in [0, 0.05) is 30.4 Å². The number of nitrogens with one attached hydrogen (secondary N) is 1.